The fraction of sp³-hybridized carbons (Fsp3) is 0.235. The van der Waals surface area contributed by atoms with Gasteiger partial charge in [0.25, 0.3) is 0 Å². The van der Waals surface area contributed by atoms with Gasteiger partial charge in [0.1, 0.15) is 0 Å². The van der Waals surface area contributed by atoms with Crippen LogP contribution in [0.1, 0.15) is 5.56 Å². The van der Waals surface area contributed by atoms with Crippen LogP contribution in [0.25, 0.3) is 0 Å². The fourth-order valence-corrected chi connectivity index (χ4v) is 2.99. The molecule has 0 aliphatic rings. The van der Waals surface area contributed by atoms with E-state index in [1.165, 1.54) is 43.3 Å². The summed E-state index contributed by atoms with van der Waals surface area (Å²) in [6, 6.07) is 8.17. The van der Waals surface area contributed by atoms with Crippen molar-refractivity contribution in [2.45, 2.75) is 17.2 Å². The van der Waals surface area contributed by atoms with Crippen molar-refractivity contribution in [2.24, 2.45) is 0 Å². The molecule has 2 rings (SSSR count). The van der Waals surface area contributed by atoms with Crippen LogP contribution in [-0.4, -0.2) is 39.3 Å². The molecule has 0 aromatic heterocycles. The van der Waals surface area contributed by atoms with Gasteiger partial charge in [-0.1, -0.05) is 12.1 Å². The molecule has 0 radical (unpaired) electrons. The van der Waals surface area contributed by atoms with Gasteiger partial charge in [0.2, 0.25) is 9.84 Å². The molecule has 2 aromatic rings. The SMILES string of the molecule is COc1ccc(CN(C)C(=O)Nc2cccc(S(=O)(=O)C(F)F)c2)cc1F. The summed E-state index contributed by atoms with van der Waals surface area (Å²) in [7, 11) is -1.99. The van der Waals surface area contributed by atoms with Gasteiger partial charge >= 0.3 is 11.8 Å². The van der Waals surface area contributed by atoms with Crippen LogP contribution in [0.4, 0.5) is 23.7 Å². The summed E-state index contributed by atoms with van der Waals surface area (Å²) in [5, 5.41) is 2.41. The van der Waals surface area contributed by atoms with Gasteiger partial charge in [0, 0.05) is 19.3 Å². The number of hydrogen-bond acceptors (Lipinski definition) is 4. The van der Waals surface area contributed by atoms with Crippen LogP contribution in [0.15, 0.2) is 47.4 Å². The van der Waals surface area contributed by atoms with Gasteiger partial charge in [-0.3, -0.25) is 0 Å². The van der Waals surface area contributed by atoms with E-state index in [2.05, 4.69) is 5.32 Å². The lowest BCUT2D eigenvalue weighted by Gasteiger charge is -2.18. The van der Waals surface area contributed by atoms with Crippen molar-refractivity contribution in [3.05, 3.63) is 53.8 Å². The van der Waals surface area contributed by atoms with Crippen molar-refractivity contribution in [3.8, 4) is 5.75 Å². The van der Waals surface area contributed by atoms with Crippen molar-refractivity contribution in [1.29, 1.82) is 0 Å². The Morgan fingerprint density at radius 3 is 2.52 bits per heavy atom. The molecule has 0 aliphatic carbocycles. The number of methoxy groups -OCH3 is 1. The number of sulfone groups is 1. The van der Waals surface area contributed by atoms with Crippen LogP contribution < -0.4 is 10.1 Å². The number of ether oxygens (including phenoxy) is 1. The van der Waals surface area contributed by atoms with Crippen LogP contribution in [0.5, 0.6) is 5.75 Å². The lowest BCUT2D eigenvalue weighted by molar-refractivity contribution is 0.220. The van der Waals surface area contributed by atoms with E-state index in [-0.39, 0.29) is 18.0 Å². The second-order valence-electron chi connectivity index (χ2n) is 5.59. The highest BCUT2D eigenvalue weighted by atomic mass is 32.2. The summed E-state index contributed by atoms with van der Waals surface area (Å²) in [6.45, 7) is 0.0573. The smallest absolute Gasteiger partial charge is 0.341 e. The quantitative estimate of drug-likeness (QED) is 0.803. The van der Waals surface area contributed by atoms with Crippen molar-refractivity contribution in [1.82, 2.24) is 4.90 Å². The van der Waals surface area contributed by atoms with Gasteiger partial charge < -0.3 is 15.0 Å². The number of alkyl halides is 2. The topological polar surface area (TPSA) is 75.7 Å². The number of carbonyl (C=O) groups excluding carboxylic acids is 1. The Morgan fingerprint density at radius 2 is 1.93 bits per heavy atom. The highest BCUT2D eigenvalue weighted by Crippen LogP contribution is 2.22. The molecular weight excluding hydrogens is 385 g/mol. The number of halogens is 3. The zero-order valence-corrected chi connectivity index (χ0v) is 15.3. The molecule has 0 heterocycles. The predicted octanol–water partition coefficient (Wildman–Crippen LogP) is 3.49. The Bertz CT molecular complexity index is 936. The first-order valence-corrected chi connectivity index (χ1v) is 9.16. The minimum Gasteiger partial charge on any atom is -0.494 e. The highest BCUT2D eigenvalue weighted by molar-refractivity contribution is 7.91. The number of urea groups is 1. The number of nitrogens with zero attached hydrogens (tertiary/aromatic N) is 1. The van der Waals surface area contributed by atoms with E-state index in [1.807, 2.05) is 0 Å². The summed E-state index contributed by atoms with van der Waals surface area (Å²) in [4.78, 5) is 12.8. The molecule has 0 saturated carbocycles. The standard InChI is InChI=1S/C17H17F3N2O4S/c1-22(10-11-6-7-15(26-2)14(18)8-11)17(23)21-12-4-3-5-13(9-12)27(24,25)16(19)20/h3-9,16H,10H2,1-2H3,(H,21,23). The Kier molecular flexibility index (Phi) is 6.32. The molecule has 2 aromatic carbocycles. The van der Waals surface area contributed by atoms with Crippen LogP contribution >= 0.6 is 0 Å². The second kappa shape index (κ2) is 8.30. The molecule has 27 heavy (non-hydrogen) atoms. The molecule has 2 amide bonds. The van der Waals surface area contributed by atoms with E-state index in [4.69, 9.17) is 4.74 Å². The molecule has 0 spiro atoms. The van der Waals surface area contributed by atoms with Gasteiger partial charge in [-0.15, -0.1) is 0 Å². The van der Waals surface area contributed by atoms with Crippen molar-refractivity contribution in [2.75, 3.05) is 19.5 Å². The molecule has 146 valence electrons. The molecule has 6 nitrogen and oxygen atoms in total. The number of rotatable bonds is 6. The first-order chi connectivity index (χ1) is 12.6. The Labute approximate surface area is 154 Å². The first kappa shape index (κ1) is 20.6. The second-order valence-corrected chi connectivity index (χ2v) is 7.51. The van der Waals surface area contributed by atoms with E-state index in [1.54, 1.807) is 6.07 Å². The lowest BCUT2D eigenvalue weighted by Crippen LogP contribution is -2.31. The Morgan fingerprint density at radius 1 is 1.22 bits per heavy atom. The van der Waals surface area contributed by atoms with E-state index < -0.39 is 32.3 Å². The number of benzene rings is 2. The third-order valence-corrected chi connectivity index (χ3v) is 5.01. The van der Waals surface area contributed by atoms with Crippen LogP contribution in [0, 0.1) is 5.82 Å². The molecule has 10 heteroatoms. The average molecular weight is 402 g/mol. The average Bonchev–Trinajstić information content (AvgIpc) is 2.62. The number of carbonyl (C=O) groups is 1. The maximum absolute atomic E-state index is 13.7. The number of amides is 2. The van der Waals surface area contributed by atoms with Gasteiger partial charge in [0.05, 0.1) is 12.0 Å². The van der Waals surface area contributed by atoms with E-state index in [9.17, 15) is 26.4 Å². The first-order valence-electron chi connectivity index (χ1n) is 7.62. The Balaban J connectivity index is 2.09. The predicted molar refractivity (Wildman–Crippen MR) is 93.1 cm³/mol. The Hall–Kier alpha value is -2.75. The van der Waals surface area contributed by atoms with E-state index in [0.717, 1.165) is 12.1 Å². The van der Waals surface area contributed by atoms with Crippen LogP contribution in [0.3, 0.4) is 0 Å². The maximum atomic E-state index is 13.7. The summed E-state index contributed by atoms with van der Waals surface area (Å²) in [5.41, 5.74) is 0.537. The lowest BCUT2D eigenvalue weighted by atomic mass is 10.2. The molecule has 0 aliphatic heterocycles. The molecule has 1 N–H and O–H groups in total. The number of anilines is 1. The molecule has 0 fully saturated rings. The fourth-order valence-electron chi connectivity index (χ4n) is 2.23. The molecule has 0 saturated heterocycles. The summed E-state index contributed by atoms with van der Waals surface area (Å²) in [5.74, 6) is -4.06. The van der Waals surface area contributed by atoms with Gasteiger partial charge in [-0.2, -0.15) is 8.78 Å². The molecule has 0 atom stereocenters. The van der Waals surface area contributed by atoms with Gasteiger partial charge in [0.15, 0.2) is 11.6 Å². The van der Waals surface area contributed by atoms with Crippen molar-refractivity contribution in [3.63, 3.8) is 0 Å². The normalized spacial score (nSPS) is 11.3. The number of nitrogens with one attached hydrogen (secondary N) is 1. The van der Waals surface area contributed by atoms with Crippen LogP contribution in [0.2, 0.25) is 0 Å². The zero-order valence-electron chi connectivity index (χ0n) is 14.4. The third-order valence-electron chi connectivity index (χ3n) is 3.63. The van der Waals surface area contributed by atoms with Crippen molar-refractivity contribution >= 4 is 21.6 Å². The monoisotopic (exact) mass is 402 g/mol. The summed E-state index contributed by atoms with van der Waals surface area (Å²) in [6.07, 6.45) is 0. The zero-order chi connectivity index (χ0) is 20.2. The van der Waals surface area contributed by atoms with Crippen molar-refractivity contribution < 1.29 is 31.1 Å². The summed E-state index contributed by atoms with van der Waals surface area (Å²) >= 11 is 0. The van der Waals surface area contributed by atoms with E-state index in [0.29, 0.717) is 5.56 Å². The van der Waals surface area contributed by atoms with Gasteiger partial charge in [-0.25, -0.2) is 17.6 Å². The minimum atomic E-state index is -4.77. The maximum Gasteiger partial charge on any atom is 0.341 e. The number of hydrogen-bond donors (Lipinski definition) is 1. The molecular formula is C17H17F3N2O4S. The van der Waals surface area contributed by atoms with E-state index >= 15 is 0 Å². The largest absolute Gasteiger partial charge is 0.494 e. The molecule has 0 bridgehead atoms. The van der Waals surface area contributed by atoms with Crippen LogP contribution in [-0.2, 0) is 16.4 Å². The van der Waals surface area contributed by atoms with Gasteiger partial charge in [-0.05, 0) is 35.9 Å². The minimum absolute atomic E-state index is 0.0366. The third kappa shape index (κ3) is 4.91. The highest BCUT2D eigenvalue weighted by Gasteiger charge is 2.26. The molecule has 0 unspecified atom stereocenters. The summed E-state index contributed by atoms with van der Waals surface area (Å²) < 4.78 is 66.8.